The predicted molar refractivity (Wildman–Crippen MR) is 85.4 cm³/mol. The number of amides is 1. The zero-order valence-corrected chi connectivity index (χ0v) is 13.9. The highest BCUT2D eigenvalue weighted by Gasteiger charge is 2.16. The highest BCUT2D eigenvalue weighted by Crippen LogP contribution is 2.16. The Morgan fingerprint density at radius 2 is 2.10 bits per heavy atom. The number of hydrogen-bond acceptors (Lipinski definition) is 4. The largest absolute Gasteiger partial charge is 0.382 e. The molecule has 0 aromatic carbocycles. The van der Waals surface area contributed by atoms with Gasteiger partial charge in [-0.05, 0) is 42.1 Å². The minimum absolute atomic E-state index is 0.162. The molecule has 0 radical (unpaired) electrons. The van der Waals surface area contributed by atoms with Gasteiger partial charge in [0.1, 0.15) is 4.47 Å². The number of aromatic nitrogens is 2. The molecule has 1 amide bonds. The molecule has 6 nitrogen and oxygen atoms in total. The maximum absolute atomic E-state index is 12.0. The molecule has 1 aromatic rings. The summed E-state index contributed by atoms with van der Waals surface area (Å²) in [7, 11) is 0. The fraction of sp³-hybridized carbons (Fsp3) is 0.643. The molecule has 0 unspecified atom stereocenters. The maximum Gasteiger partial charge on any atom is 0.283 e. The number of anilines is 1. The number of piperidine rings is 1. The van der Waals surface area contributed by atoms with Gasteiger partial charge < -0.3 is 10.2 Å². The number of nitrogens with one attached hydrogen (secondary N) is 1. The molecule has 1 saturated heterocycles. The van der Waals surface area contributed by atoms with Crippen LogP contribution in [0.4, 0.5) is 5.69 Å². The fourth-order valence-corrected chi connectivity index (χ4v) is 2.87. The van der Waals surface area contributed by atoms with Crippen molar-refractivity contribution in [1.29, 1.82) is 0 Å². The SMILES string of the molecule is CCn1ncc(NCCC(=O)N2CCCCC2)c(Br)c1=O. The van der Waals surface area contributed by atoms with Crippen LogP contribution in [0.25, 0.3) is 0 Å². The van der Waals surface area contributed by atoms with Crippen LogP contribution in [0, 0.1) is 0 Å². The van der Waals surface area contributed by atoms with Crippen LogP contribution in [0.2, 0.25) is 0 Å². The predicted octanol–water partition coefficient (Wildman–Crippen LogP) is 1.84. The van der Waals surface area contributed by atoms with Crippen molar-refractivity contribution in [3.8, 4) is 0 Å². The Morgan fingerprint density at radius 3 is 2.76 bits per heavy atom. The van der Waals surface area contributed by atoms with Crippen molar-refractivity contribution in [3.05, 3.63) is 21.0 Å². The minimum atomic E-state index is -0.162. The van der Waals surface area contributed by atoms with E-state index < -0.39 is 0 Å². The number of carbonyl (C=O) groups excluding carboxylic acids is 1. The Kier molecular flexibility index (Phi) is 5.78. The molecule has 0 saturated carbocycles. The topological polar surface area (TPSA) is 67.2 Å². The quantitative estimate of drug-likeness (QED) is 0.873. The number of rotatable bonds is 5. The highest BCUT2D eigenvalue weighted by molar-refractivity contribution is 9.10. The van der Waals surface area contributed by atoms with Crippen molar-refractivity contribution in [2.75, 3.05) is 25.0 Å². The highest BCUT2D eigenvalue weighted by atomic mass is 79.9. The molecular formula is C14H21BrN4O2. The molecule has 2 rings (SSSR count). The third-order valence-corrected chi connectivity index (χ3v) is 4.41. The van der Waals surface area contributed by atoms with E-state index in [4.69, 9.17) is 0 Å². The van der Waals surface area contributed by atoms with Crippen molar-refractivity contribution >= 4 is 27.5 Å². The first-order valence-corrected chi connectivity index (χ1v) is 8.20. The second-order valence-corrected chi connectivity index (χ2v) is 5.90. The Morgan fingerprint density at radius 1 is 1.38 bits per heavy atom. The van der Waals surface area contributed by atoms with Gasteiger partial charge in [0, 0.05) is 32.6 Å². The lowest BCUT2D eigenvalue weighted by molar-refractivity contribution is -0.131. The van der Waals surface area contributed by atoms with Gasteiger partial charge in [-0.25, -0.2) is 4.68 Å². The molecule has 0 spiro atoms. The van der Waals surface area contributed by atoms with E-state index in [-0.39, 0.29) is 11.5 Å². The Balaban J connectivity index is 1.87. The van der Waals surface area contributed by atoms with Gasteiger partial charge in [-0.1, -0.05) is 0 Å². The summed E-state index contributed by atoms with van der Waals surface area (Å²) in [6, 6.07) is 0. The molecule has 1 N–H and O–H groups in total. The van der Waals surface area contributed by atoms with E-state index in [0.717, 1.165) is 25.9 Å². The lowest BCUT2D eigenvalue weighted by Gasteiger charge is -2.26. The van der Waals surface area contributed by atoms with Crippen LogP contribution in [0.3, 0.4) is 0 Å². The smallest absolute Gasteiger partial charge is 0.283 e. The third-order valence-electron chi connectivity index (χ3n) is 3.65. The van der Waals surface area contributed by atoms with Gasteiger partial charge in [-0.3, -0.25) is 9.59 Å². The molecule has 1 aliphatic heterocycles. The van der Waals surface area contributed by atoms with Crippen LogP contribution in [0.1, 0.15) is 32.6 Å². The summed E-state index contributed by atoms with van der Waals surface area (Å²) in [5.41, 5.74) is 0.473. The third kappa shape index (κ3) is 4.06. The second-order valence-electron chi connectivity index (χ2n) is 5.11. The number of hydrogen-bond donors (Lipinski definition) is 1. The van der Waals surface area contributed by atoms with Gasteiger partial charge in [0.2, 0.25) is 5.91 Å². The Bertz CT molecular complexity index is 552. The molecule has 1 fully saturated rings. The molecule has 0 atom stereocenters. The summed E-state index contributed by atoms with van der Waals surface area (Å²) in [4.78, 5) is 25.9. The van der Waals surface area contributed by atoms with Gasteiger partial charge in [0.05, 0.1) is 11.9 Å². The van der Waals surface area contributed by atoms with Crippen molar-refractivity contribution in [1.82, 2.24) is 14.7 Å². The van der Waals surface area contributed by atoms with Gasteiger partial charge >= 0.3 is 0 Å². The normalized spacial score (nSPS) is 15.0. The van der Waals surface area contributed by atoms with E-state index in [0.29, 0.717) is 29.7 Å². The summed E-state index contributed by atoms with van der Waals surface area (Å²) in [6.07, 6.45) is 5.46. The molecule has 0 bridgehead atoms. The van der Waals surface area contributed by atoms with Crippen molar-refractivity contribution in [2.45, 2.75) is 39.2 Å². The van der Waals surface area contributed by atoms with E-state index in [1.54, 1.807) is 6.20 Å². The molecule has 1 aliphatic rings. The zero-order valence-electron chi connectivity index (χ0n) is 12.3. The van der Waals surface area contributed by atoms with Gasteiger partial charge in [-0.2, -0.15) is 5.10 Å². The standard InChI is InChI=1S/C14H21BrN4O2/c1-2-19-14(21)13(15)11(10-17-19)16-7-6-12(20)18-8-4-3-5-9-18/h10,16H,2-9H2,1H3. The number of carbonyl (C=O) groups is 1. The van der Waals surface area contributed by atoms with E-state index >= 15 is 0 Å². The first kappa shape index (κ1) is 16.0. The molecule has 7 heteroatoms. The monoisotopic (exact) mass is 356 g/mol. The number of nitrogens with zero attached hydrogens (tertiary/aromatic N) is 3. The molecule has 21 heavy (non-hydrogen) atoms. The lowest BCUT2D eigenvalue weighted by atomic mass is 10.1. The van der Waals surface area contributed by atoms with Crippen molar-refractivity contribution < 1.29 is 4.79 Å². The molecule has 0 aliphatic carbocycles. The molecular weight excluding hydrogens is 336 g/mol. The molecule has 2 heterocycles. The maximum atomic E-state index is 12.0. The average Bonchev–Trinajstić information content (AvgIpc) is 2.52. The van der Waals surface area contributed by atoms with Crippen LogP contribution >= 0.6 is 15.9 Å². The Labute approximate surface area is 132 Å². The molecule has 1 aromatic heterocycles. The lowest BCUT2D eigenvalue weighted by Crippen LogP contribution is -2.36. The second kappa shape index (κ2) is 7.59. The van der Waals surface area contributed by atoms with Gasteiger partial charge in [-0.15, -0.1) is 0 Å². The van der Waals surface area contributed by atoms with E-state index in [2.05, 4.69) is 26.3 Å². The summed E-state index contributed by atoms with van der Waals surface area (Å²) in [6.45, 7) is 4.65. The Hall–Kier alpha value is -1.37. The summed E-state index contributed by atoms with van der Waals surface area (Å²) in [5.74, 6) is 0.174. The van der Waals surface area contributed by atoms with Crippen LogP contribution in [-0.4, -0.2) is 40.2 Å². The fourth-order valence-electron chi connectivity index (χ4n) is 2.42. The van der Waals surface area contributed by atoms with Crippen molar-refractivity contribution in [3.63, 3.8) is 0 Å². The van der Waals surface area contributed by atoms with E-state index in [9.17, 15) is 9.59 Å². The van der Waals surface area contributed by atoms with Gasteiger partial charge in [0.25, 0.3) is 5.56 Å². The summed E-state index contributed by atoms with van der Waals surface area (Å²) in [5, 5.41) is 7.17. The van der Waals surface area contributed by atoms with E-state index in [1.165, 1.54) is 11.1 Å². The van der Waals surface area contributed by atoms with Crippen molar-refractivity contribution in [2.24, 2.45) is 0 Å². The van der Waals surface area contributed by atoms with Crippen LogP contribution < -0.4 is 10.9 Å². The average molecular weight is 357 g/mol. The van der Waals surface area contributed by atoms with E-state index in [1.807, 2.05) is 11.8 Å². The summed E-state index contributed by atoms with van der Waals surface area (Å²) < 4.78 is 1.85. The van der Waals surface area contributed by atoms with Crippen LogP contribution in [0.5, 0.6) is 0 Å². The number of aryl methyl sites for hydroxylation is 1. The van der Waals surface area contributed by atoms with Gasteiger partial charge in [0.15, 0.2) is 0 Å². The van der Waals surface area contributed by atoms with Crippen LogP contribution in [-0.2, 0) is 11.3 Å². The number of halogens is 1. The first-order valence-electron chi connectivity index (χ1n) is 7.40. The zero-order chi connectivity index (χ0) is 15.2. The number of likely N-dealkylation sites (tertiary alicyclic amines) is 1. The minimum Gasteiger partial charge on any atom is -0.382 e. The molecule has 116 valence electrons. The first-order chi connectivity index (χ1) is 10.1. The van der Waals surface area contributed by atoms with Crippen LogP contribution in [0.15, 0.2) is 15.5 Å². The summed E-state index contributed by atoms with van der Waals surface area (Å²) >= 11 is 3.28.